The van der Waals surface area contributed by atoms with E-state index in [0.29, 0.717) is 18.9 Å². The van der Waals surface area contributed by atoms with E-state index in [4.69, 9.17) is 5.26 Å². The summed E-state index contributed by atoms with van der Waals surface area (Å²) in [5, 5.41) is 11.9. The maximum Gasteiger partial charge on any atom is 0.242 e. The highest BCUT2D eigenvalue weighted by Crippen LogP contribution is 2.22. The Balaban J connectivity index is 2.67. The first kappa shape index (κ1) is 14.0. The molecule has 0 aromatic rings. The van der Waals surface area contributed by atoms with Gasteiger partial charge in [-0.3, -0.25) is 4.79 Å². The number of nitrogens with zero attached hydrogens (tertiary/aromatic N) is 2. The van der Waals surface area contributed by atoms with Gasteiger partial charge in [0, 0.05) is 13.1 Å². The Bertz CT molecular complexity index is 300. The zero-order valence-electron chi connectivity index (χ0n) is 11.1. The summed E-state index contributed by atoms with van der Waals surface area (Å²) < 4.78 is 0. The van der Waals surface area contributed by atoms with Crippen molar-refractivity contribution in [3.05, 3.63) is 0 Å². The van der Waals surface area contributed by atoms with E-state index in [1.54, 1.807) is 0 Å². The van der Waals surface area contributed by atoms with Crippen LogP contribution in [0.2, 0.25) is 0 Å². The third-order valence-corrected chi connectivity index (χ3v) is 3.21. The lowest BCUT2D eigenvalue weighted by Gasteiger charge is -2.32. The first-order chi connectivity index (χ1) is 7.99. The molecule has 0 saturated carbocycles. The Morgan fingerprint density at radius 1 is 1.59 bits per heavy atom. The minimum Gasteiger partial charge on any atom is -0.340 e. The van der Waals surface area contributed by atoms with Crippen LogP contribution in [0.5, 0.6) is 0 Å². The molecule has 1 saturated heterocycles. The molecule has 1 N–H and O–H groups in total. The number of nitrogens with one attached hydrogen (secondary N) is 1. The fourth-order valence-corrected chi connectivity index (χ4v) is 2.33. The number of carbonyl (C=O) groups is 1. The van der Waals surface area contributed by atoms with E-state index in [1.807, 2.05) is 11.8 Å². The lowest BCUT2D eigenvalue weighted by atomic mass is 9.97. The lowest BCUT2D eigenvalue weighted by molar-refractivity contribution is -0.137. The van der Waals surface area contributed by atoms with Crippen LogP contribution in [0.15, 0.2) is 0 Å². The summed E-state index contributed by atoms with van der Waals surface area (Å²) in [5.41, 5.74) is -0.412. The van der Waals surface area contributed by atoms with Gasteiger partial charge in [-0.25, -0.2) is 0 Å². The summed E-state index contributed by atoms with van der Waals surface area (Å²) in [6, 6.07) is 2.12. The molecule has 17 heavy (non-hydrogen) atoms. The van der Waals surface area contributed by atoms with Gasteiger partial charge in [0.05, 0.1) is 18.0 Å². The Kier molecular flexibility index (Phi) is 4.95. The van der Waals surface area contributed by atoms with Crippen molar-refractivity contribution in [2.24, 2.45) is 5.92 Å². The first-order valence-corrected chi connectivity index (χ1v) is 6.41. The fourth-order valence-electron chi connectivity index (χ4n) is 2.33. The molecule has 1 rings (SSSR count). The van der Waals surface area contributed by atoms with Gasteiger partial charge in [0.15, 0.2) is 0 Å². The summed E-state index contributed by atoms with van der Waals surface area (Å²) in [5.74, 6) is 0.585. The van der Waals surface area contributed by atoms with Crippen LogP contribution in [-0.4, -0.2) is 36.0 Å². The Labute approximate surface area is 104 Å². The monoisotopic (exact) mass is 237 g/mol. The normalized spacial score (nSPS) is 23.7. The smallest absolute Gasteiger partial charge is 0.242 e. The second-order valence-corrected chi connectivity index (χ2v) is 5.42. The minimum absolute atomic E-state index is 0.152. The van der Waals surface area contributed by atoms with Crippen LogP contribution in [0.25, 0.3) is 0 Å². The summed E-state index contributed by atoms with van der Waals surface area (Å²) in [6.45, 7) is 8.36. The number of hydrogen-bond donors (Lipinski definition) is 1. The van der Waals surface area contributed by atoms with Crippen LogP contribution in [0.1, 0.15) is 40.0 Å². The SMILES string of the molecule is CC(C)CN(CCC#N)C(=O)C1(C)CCCN1. The summed E-state index contributed by atoms with van der Waals surface area (Å²) >= 11 is 0. The molecule has 0 radical (unpaired) electrons. The molecule has 0 aliphatic carbocycles. The third kappa shape index (κ3) is 3.71. The van der Waals surface area contributed by atoms with Crippen LogP contribution < -0.4 is 5.32 Å². The van der Waals surface area contributed by atoms with Crippen molar-refractivity contribution >= 4 is 5.91 Å². The van der Waals surface area contributed by atoms with Crippen LogP contribution in [-0.2, 0) is 4.79 Å². The fraction of sp³-hybridized carbons (Fsp3) is 0.846. The van der Waals surface area contributed by atoms with Gasteiger partial charge in [0.25, 0.3) is 0 Å². The van der Waals surface area contributed by atoms with Gasteiger partial charge in [0.1, 0.15) is 0 Å². The van der Waals surface area contributed by atoms with Crippen molar-refractivity contribution in [1.82, 2.24) is 10.2 Å². The van der Waals surface area contributed by atoms with Crippen molar-refractivity contribution in [1.29, 1.82) is 5.26 Å². The van der Waals surface area contributed by atoms with E-state index >= 15 is 0 Å². The second-order valence-electron chi connectivity index (χ2n) is 5.42. The largest absolute Gasteiger partial charge is 0.340 e. The molecule has 4 heteroatoms. The van der Waals surface area contributed by atoms with Crippen LogP contribution >= 0.6 is 0 Å². The molecular formula is C13H23N3O. The van der Waals surface area contributed by atoms with Gasteiger partial charge in [0.2, 0.25) is 5.91 Å². The van der Waals surface area contributed by atoms with E-state index in [1.165, 1.54) is 0 Å². The molecule has 1 heterocycles. The van der Waals surface area contributed by atoms with Crippen molar-refractivity contribution < 1.29 is 4.79 Å². The molecule has 0 spiro atoms. The molecule has 1 fully saturated rings. The minimum atomic E-state index is -0.412. The molecule has 1 aliphatic rings. The average molecular weight is 237 g/mol. The zero-order valence-corrected chi connectivity index (χ0v) is 11.1. The predicted octanol–water partition coefficient (Wildman–Crippen LogP) is 1.53. The molecule has 1 aliphatic heterocycles. The summed E-state index contributed by atoms with van der Waals surface area (Å²) in [6.07, 6.45) is 2.36. The molecule has 0 bridgehead atoms. The molecule has 1 unspecified atom stereocenters. The van der Waals surface area contributed by atoms with Gasteiger partial charge in [-0.15, -0.1) is 0 Å². The highest BCUT2D eigenvalue weighted by Gasteiger charge is 2.38. The van der Waals surface area contributed by atoms with Gasteiger partial charge >= 0.3 is 0 Å². The Morgan fingerprint density at radius 2 is 2.29 bits per heavy atom. The van der Waals surface area contributed by atoms with Gasteiger partial charge in [-0.05, 0) is 32.2 Å². The second kappa shape index (κ2) is 6.02. The van der Waals surface area contributed by atoms with E-state index < -0.39 is 5.54 Å². The van der Waals surface area contributed by atoms with Gasteiger partial charge in [-0.2, -0.15) is 5.26 Å². The van der Waals surface area contributed by atoms with Gasteiger partial charge < -0.3 is 10.2 Å². The van der Waals surface area contributed by atoms with E-state index in [0.717, 1.165) is 25.9 Å². The number of nitriles is 1. The van der Waals surface area contributed by atoms with Crippen molar-refractivity contribution in [3.63, 3.8) is 0 Å². The standard InChI is InChI=1S/C13H23N3O/c1-11(2)10-16(9-5-7-14)12(17)13(3)6-4-8-15-13/h11,15H,4-6,8-10H2,1-3H3. The van der Waals surface area contributed by atoms with Crippen molar-refractivity contribution in [2.45, 2.75) is 45.6 Å². The quantitative estimate of drug-likeness (QED) is 0.789. The number of rotatable bonds is 5. The Hall–Kier alpha value is -1.08. The van der Waals surface area contributed by atoms with Crippen LogP contribution in [0, 0.1) is 17.2 Å². The first-order valence-electron chi connectivity index (χ1n) is 6.41. The third-order valence-electron chi connectivity index (χ3n) is 3.21. The molecule has 0 aromatic carbocycles. The molecule has 4 nitrogen and oxygen atoms in total. The number of carbonyl (C=O) groups excluding carboxylic acids is 1. The molecule has 1 atom stereocenters. The van der Waals surface area contributed by atoms with Crippen LogP contribution in [0.4, 0.5) is 0 Å². The topological polar surface area (TPSA) is 56.1 Å². The highest BCUT2D eigenvalue weighted by molar-refractivity contribution is 5.86. The van der Waals surface area contributed by atoms with E-state index in [2.05, 4.69) is 25.2 Å². The van der Waals surface area contributed by atoms with E-state index in [9.17, 15) is 4.79 Å². The maximum atomic E-state index is 12.5. The molecular weight excluding hydrogens is 214 g/mol. The van der Waals surface area contributed by atoms with Crippen molar-refractivity contribution in [2.75, 3.05) is 19.6 Å². The summed E-state index contributed by atoms with van der Waals surface area (Å²) in [4.78, 5) is 14.3. The average Bonchev–Trinajstić information content (AvgIpc) is 2.71. The zero-order chi connectivity index (χ0) is 12.9. The molecule has 96 valence electrons. The van der Waals surface area contributed by atoms with E-state index in [-0.39, 0.29) is 5.91 Å². The van der Waals surface area contributed by atoms with Crippen LogP contribution in [0.3, 0.4) is 0 Å². The molecule has 0 aromatic heterocycles. The maximum absolute atomic E-state index is 12.5. The Morgan fingerprint density at radius 3 is 2.76 bits per heavy atom. The predicted molar refractivity (Wildman–Crippen MR) is 67.3 cm³/mol. The van der Waals surface area contributed by atoms with Gasteiger partial charge in [-0.1, -0.05) is 13.8 Å². The number of hydrogen-bond acceptors (Lipinski definition) is 3. The van der Waals surface area contributed by atoms with Crippen molar-refractivity contribution in [3.8, 4) is 6.07 Å². The number of amides is 1. The summed E-state index contributed by atoms with van der Waals surface area (Å²) in [7, 11) is 0. The lowest BCUT2D eigenvalue weighted by Crippen LogP contribution is -2.53. The highest BCUT2D eigenvalue weighted by atomic mass is 16.2. The molecule has 1 amide bonds.